The van der Waals surface area contributed by atoms with E-state index in [4.69, 9.17) is 11.6 Å². The molecule has 0 radical (unpaired) electrons. The maximum atomic E-state index is 13.0. The topological polar surface area (TPSA) is 37.4 Å². The zero-order chi connectivity index (χ0) is 15.7. The Hall–Kier alpha value is -0.790. The molecule has 21 heavy (non-hydrogen) atoms. The van der Waals surface area contributed by atoms with Gasteiger partial charge in [0, 0.05) is 18.5 Å². The van der Waals surface area contributed by atoms with Gasteiger partial charge in [0.2, 0.25) is 10.0 Å². The Kier molecular flexibility index (Phi) is 4.85. The second-order valence-electron chi connectivity index (χ2n) is 4.91. The van der Waals surface area contributed by atoms with Gasteiger partial charge in [-0.2, -0.15) is 17.5 Å². The summed E-state index contributed by atoms with van der Waals surface area (Å²) >= 11 is 5.77. The van der Waals surface area contributed by atoms with E-state index in [0.29, 0.717) is 12.8 Å². The normalized spacial score (nSPS) is 21.4. The summed E-state index contributed by atoms with van der Waals surface area (Å²) in [6, 6.07) is 3.80. The van der Waals surface area contributed by atoms with Gasteiger partial charge in [-0.3, -0.25) is 0 Å². The molecule has 0 aliphatic carbocycles. The quantitative estimate of drug-likeness (QED) is 0.789. The van der Waals surface area contributed by atoms with E-state index in [1.807, 2.05) is 0 Å². The van der Waals surface area contributed by atoms with E-state index in [-0.39, 0.29) is 12.4 Å². The van der Waals surface area contributed by atoms with E-state index in [2.05, 4.69) is 0 Å². The Morgan fingerprint density at radius 2 is 1.90 bits per heavy atom. The van der Waals surface area contributed by atoms with Gasteiger partial charge in [-0.05, 0) is 25.0 Å². The van der Waals surface area contributed by atoms with Gasteiger partial charge >= 0.3 is 6.18 Å². The van der Waals surface area contributed by atoms with Crippen LogP contribution in [0, 0.1) is 0 Å². The third kappa shape index (κ3) is 3.35. The average Bonchev–Trinajstić information content (AvgIpc) is 2.46. The zero-order valence-corrected chi connectivity index (χ0v) is 12.7. The first-order valence-corrected chi connectivity index (χ1v) is 8.50. The number of sulfonamides is 1. The predicted molar refractivity (Wildman–Crippen MR) is 73.7 cm³/mol. The largest absolute Gasteiger partial charge is 0.417 e. The van der Waals surface area contributed by atoms with Gasteiger partial charge in [0.1, 0.15) is 0 Å². The molecule has 1 aliphatic heterocycles. The van der Waals surface area contributed by atoms with Crippen molar-refractivity contribution in [2.75, 3.05) is 12.4 Å². The van der Waals surface area contributed by atoms with E-state index in [0.717, 1.165) is 22.9 Å². The minimum Gasteiger partial charge on any atom is -0.207 e. The number of hydrogen-bond donors (Lipinski definition) is 0. The van der Waals surface area contributed by atoms with E-state index < -0.39 is 32.7 Å². The van der Waals surface area contributed by atoms with Gasteiger partial charge in [0.15, 0.2) is 0 Å². The maximum Gasteiger partial charge on any atom is 0.417 e. The summed E-state index contributed by atoms with van der Waals surface area (Å²) in [5.74, 6) is 0.0768. The number of nitrogens with zero attached hydrogens (tertiary/aromatic N) is 1. The molecule has 2 rings (SSSR count). The lowest BCUT2D eigenvalue weighted by Gasteiger charge is -2.34. The lowest BCUT2D eigenvalue weighted by molar-refractivity contribution is -0.139. The first kappa shape index (κ1) is 16.6. The Bertz CT molecular complexity index is 604. The van der Waals surface area contributed by atoms with Crippen molar-refractivity contribution in [1.29, 1.82) is 0 Å². The van der Waals surface area contributed by atoms with Crippen molar-refractivity contribution >= 4 is 21.6 Å². The Morgan fingerprint density at radius 3 is 2.52 bits per heavy atom. The van der Waals surface area contributed by atoms with Crippen LogP contribution in [-0.2, 0) is 16.2 Å². The van der Waals surface area contributed by atoms with Crippen LogP contribution in [0.4, 0.5) is 13.2 Å². The Balaban J connectivity index is 2.49. The van der Waals surface area contributed by atoms with Crippen molar-refractivity contribution in [3.63, 3.8) is 0 Å². The summed E-state index contributed by atoms with van der Waals surface area (Å²) in [5.41, 5.74) is -1.14. The molecule has 1 unspecified atom stereocenters. The number of halogens is 4. The van der Waals surface area contributed by atoms with Crippen molar-refractivity contribution < 1.29 is 21.6 Å². The molecule has 118 valence electrons. The third-order valence-corrected chi connectivity index (χ3v) is 5.90. The van der Waals surface area contributed by atoms with Crippen LogP contribution in [0.5, 0.6) is 0 Å². The first-order chi connectivity index (χ1) is 9.78. The summed E-state index contributed by atoms with van der Waals surface area (Å²) in [4.78, 5) is -0.700. The molecule has 1 aromatic rings. The highest BCUT2D eigenvalue weighted by molar-refractivity contribution is 7.89. The molecule has 1 saturated heterocycles. The van der Waals surface area contributed by atoms with Crippen molar-refractivity contribution in [2.24, 2.45) is 0 Å². The molecule has 3 nitrogen and oxygen atoms in total. The molecule has 0 N–H and O–H groups in total. The minimum absolute atomic E-state index is 0.0768. The fourth-order valence-corrected chi connectivity index (χ4v) is 4.81. The molecule has 8 heteroatoms. The fourth-order valence-electron chi connectivity index (χ4n) is 2.50. The molecular weight excluding hydrogens is 327 g/mol. The second kappa shape index (κ2) is 6.14. The van der Waals surface area contributed by atoms with E-state index in [1.54, 1.807) is 0 Å². The SMILES string of the molecule is O=S(=O)(c1ccccc1C(F)(F)F)N1CCCCC1CCl. The highest BCUT2D eigenvalue weighted by Gasteiger charge is 2.40. The number of piperidine rings is 1. The van der Waals surface area contributed by atoms with Gasteiger partial charge in [-0.25, -0.2) is 8.42 Å². The van der Waals surface area contributed by atoms with Crippen LogP contribution in [0.25, 0.3) is 0 Å². The van der Waals surface area contributed by atoms with Gasteiger partial charge in [0.25, 0.3) is 0 Å². The van der Waals surface area contributed by atoms with Crippen LogP contribution < -0.4 is 0 Å². The molecule has 1 aromatic carbocycles. The lowest BCUT2D eigenvalue weighted by atomic mass is 10.1. The molecule has 0 bridgehead atoms. The van der Waals surface area contributed by atoms with Crippen LogP contribution in [0.3, 0.4) is 0 Å². The molecule has 1 atom stereocenters. The average molecular weight is 342 g/mol. The molecule has 1 aliphatic rings. The molecule has 0 saturated carbocycles. The van der Waals surface area contributed by atoms with Crippen molar-refractivity contribution in [1.82, 2.24) is 4.31 Å². The van der Waals surface area contributed by atoms with Crippen molar-refractivity contribution in [2.45, 2.75) is 36.4 Å². The highest BCUT2D eigenvalue weighted by atomic mass is 35.5. The lowest BCUT2D eigenvalue weighted by Crippen LogP contribution is -2.45. The van der Waals surface area contributed by atoms with Gasteiger partial charge in [-0.1, -0.05) is 18.6 Å². The number of alkyl halides is 4. The Morgan fingerprint density at radius 1 is 1.24 bits per heavy atom. The number of hydrogen-bond acceptors (Lipinski definition) is 2. The van der Waals surface area contributed by atoms with E-state index in [1.165, 1.54) is 12.1 Å². The van der Waals surface area contributed by atoms with E-state index in [9.17, 15) is 21.6 Å². The summed E-state index contributed by atoms with van der Waals surface area (Å²) in [7, 11) is -4.21. The summed E-state index contributed by atoms with van der Waals surface area (Å²) in [5, 5.41) is 0. The summed E-state index contributed by atoms with van der Waals surface area (Å²) < 4.78 is 65.3. The molecule has 0 spiro atoms. The number of benzene rings is 1. The summed E-state index contributed by atoms with van der Waals surface area (Å²) in [6.45, 7) is 0.200. The van der Waals surface area contributed by atoms with Crippen LogP contribution in [-0.4, -0.2) is 31.2 Å². The summed E-state index contributed by atoms with van der Waals surface area (Å²) in [6.07, 6.45) is -2.70. The zero-order valence-electron chi connectivity index (χ0n) is 11.1. The minimum atomic E-state index is -4.71. The Labute approximate surface area is 126 Å². The smallest absolute Gasteiger partial charge is 0.207 e. The molecule has 0 amide bonds. The second-order valence-corrected chi connectivity index (χ2v) is 7.08. The molecular formula is C13H15ClF3NO2S. The van der Waals surface area contributed by atoms with Crippen LogP contribution in [0.1, 0.15) is 24.8 Å². The van der Waals surface area contributed by atoms with Crippen LogP contribution in [0.2, 0.25) is 0 Å². The standard InChI is InChI=1S/C13H15ClF3NO2S/c14-9-10-5-3-4-8-18(10)21(19,20)12-7-2-1-6-11(12)13(15,16)17/h1-2,6-7,10H,3-5,8-9H2. The van der Waals surface area contributed by atoms with Crippen molar-refractivity contribution in [3.05, 3.63) is 29.8 Å². The molecule has 1 fully saturated rings. The molecule has 0 aromatic heterocycles. The predicted octanol–water partition coefficient (Wildman–Crippen LogP) is 3.49. The van der Waals surface area contributed by atoms with Gasteiger partial charge in [0.05, 0.1) is 10.5 Å². The van der Waals surface area contributed by atoms with Crippen LogP contribution in [0.15, 0.2) is 29.2 Å². The monoisotopic (exact) mass is 341 g/mol. The highest BCUT2D eigenvalue weighted by Crippen LogP contribution is 2.36. The third-order valence-electron chi connectivity index (χ3n) is 3.53. The number of rotatable bonds is 3. The van der Waals surface area contributed by atoms with Gasteiger partial charge < -0.3 is 0 Å². The first-order valence-electron chi connectivity index (χ1n) is 6.52. The fraction of sp³-hybridized carbons (Fsp3) is 0.538. The van der Waals surface area contributed by atoms with Crippen LogP contribution >= 0.6 is 11.6 Å². The molecule has 1 heterocycles. The van der Waals surface area contributed by atoms with Gasteiger partial charge in [-0.15, -0.1) is 11.6 Å². The van der Waals surface area contributed by atoms with Crippen molar-refractivity contribution in [3.8, 4) is 0 Å². The maximum absolute atomic E-state index is 13.0. The van der Waals surface area contributed by atoms with E-state index >= 15 is 0 Å².